The molecule has 2 aliphatic rings. The minimum absolute atomic E-state index is 0.125. The Labute approximate surface area is 207 Å². The predicted octanol–water partition coefficient (Wildman–Crippen LogP) is -1.33. The van der Waals surface area contributed by atoms with Crippen molar-refractivity contribution in [3.05, 3.63) is 52.4 Å². The number of aromatic nitrogens is 2. The van der Waals surface area contributed by atoms with E-state index in [0.29, 0.717) is 11.1 Å². The Balaban J connectivity index is 1.54. The number of nitrogens with one attached hydrogen (secondary N) is 1. The molecule has 0 saturated carbocycles. The number of β-lactam (4-membered cyclic amide) rings is 1. The maximum absolute atomic E-state index is 12.9. The van der Waals surface area contributed by atoms with Crippen LogP contribution in [0.4, 0.5) is 5.13 Å². The van der Waals surface area contributed by atoms with Gasteiger partial charge < -0.3 is 25.8 Å². The van der Waals surface area contributed by atoms with E-state index in [1.807, 2.05) is 0 Å². The Morgan fingerprint density at radius 3 is 2.83 bits per heavy atom. The Bertz CT molecular complexity index is 1290. The number of Topliss-reactive ketones (excluding diaryl/α,β-unsaturated/α-hetero) is 1. The average molecular weight is 517 g/mol. The average Bonchev–Trinajstić information content (AvgIpc) is 3.26. The van der Waals surface area contributed by atoms with Crippen molar-refractivity contribution >= 4 is 57.5 Å². The van der Waals surface area contributed by atoms with Gasteiger partial charge in [-0.05, 0) is 13.0 Å². The summed E-state index contributed by atoms with van der Waals surface area (Å²) in [5.74, 6) is -2.64. The Hall–Kier alpha value is -3.78. The Morgan fingerprint density at radius 1 is 1.43 bits per heavy atom. The first-order valence-electron chi connectivity index (χ1n) is 10.2. The fraction of sp³-hybridized carbons (Fsp3) is 0.286. The number of anilines is 1. The van der Waals surface area contributed by atoms with E-state index in [0.717, 1.165) is 16.2 Å². The zero-order valence-corrected chi connectivity index (χ0v) is 20.2. The molecule has 3 N–H and O–H groups in total. The minimum atomic E-state index is -1.49. The van der Waals surface area contributed by atoms with Crippen molar-refractivity contribution in [3.63, 3.8) is 0 Å². The van der Waals surface area contributed by atoms with Crippen molar-refractivity contribution in [2.24, 2.45) is 5.16 Å². The molecule has 35 heavy (non-hydrogen) atoms. The summed E-state index contributed by atoms with van der Waals surface area (Å²) in [6.45, 7) is 1.59. The number of fused-ring (bicyclic) bond motifs is 1. The Kier molecular flexibility index (Phi) is 6.84. The SMILES string of the molecule is CO/N=C(\C(=O)N[C@@H]1C(=O)N2C(C(=O)[O-])=C(C[n+]3cccc(C(C)=O)c3)CS[C@H]12)c1csc(N)n1. The van der Waals surface area contributed by atoms with Crippen LogP contribution in [0.1, 0.15) is 23.0 Å². The number of thiazole rings is 1. The monoisotopic (exact) mass is 516 g/mol. The van der Waals surface area contributed by atoms with Crippen LogP contribution >= 0.6 is 23.1 Å². The third kappa shape index (κ3) is 4.74. The van der Waals surface area contributed by atoms with Gasteiger partial charge in [-0.2, -0.15) is 0 Å². The second-order valence-electron chi connectivity index (χ2n) is 7.62. The van der Waals surface area contributed by atoms with Gasteiger partial charge in [0.2, 0.25) is 0 Å². The third-order valence-corrected chi connectivity index (χ3v) is 7.34. The van der Waals surface area contributed by atoms with Crippen LogP contribution in [-0.2, 0) is 25.8 Å². The maximum atomic E-state index is 12.9. The molecule has 0 aliphatic carbocycles. The van der Waals surface area contributed by atoms with E-state index < -0.39 is 29.2 Å². The molecular formula is C21H20N6O6S2. The van der Waals surface area contributed by atoms with Crippen molar-refractivity contribution in [2.45, 2.75) is 24.9 Å². The normalized spacial score (nSPS) is 19.7. The van der Waals surface area contributed by atoms with E-state index in [4.69, 9.17) is 10.6 Å². The van der Waals surface area contributed by atoms with E-state index >= 15 is 0 Å². The van der Waals surface area contributed by atoms with Crippen LogP contribution in [0, 0.1) is 0 Å². The number of carbonyl (C=O) groups is 4. The van der Waals surface area contributed by atoms with Crippen molar-refractivity contribution in [3.8, 4) is 0 Å². The van der Waals surface area contributed by atoms with Gasteiger partial charge in [0.05, 0.1) is 17.2 Å². The zero-order chi connectivity index (χ0) is 25.3. The zero-order valence-electron chi connectivity index (χ0n) is 18.6. The molecule has 2 aromatic heterocycles. The van der Waals surface area contributed by atoms with Crippen LogP contribution < -0.4 is 20.7 Å². The number of ketones is 1. The van der Waals surface area contributed by atoms with Gasteiger partial charge in [-0.25, -0.2) is 9.55 Å². The predicted molar refractivity (Wildman–Crippen MR) is 124 cm³/mol. The largest absolute Gasteiger partial charge is 0.543 e. The van der Waals surface area contributed by atoms with Gasteiger partial charge in [-0.1, -0.05) is 5.16 Å². The lowest BCUT2D eigenvalue weighted by Crippen LogP contribution is -2.71. The lowest BCUT2D eigenvalue weighted by Gasteiger charge is -2.50. The number of hydrogen-bond acceptors (Lipinski definition) is 11. The molecule has 2 aromatic rings. The molecule has 2 amide bonds. The van der Waals surface area contributed by atoms with Gasteiger partial charge in [0, 0.05) is 22.8 Å². The number of thioether (sulfide) groups is 1. The van der Waals surface area contributed by atoms with Crippen molar-refractivity contribution in [2.75, 3.05) is 18.6 Å². The number of amides is 2. The first-order chi connectivity index (χ1) is 16.7. The number of nitrogens with two attached hydrogens (primary N) is 1. The highest BCUT2D eigenvalue weighted by Gasteiger charge is 2.53. The van der Waals surface area contributed by atoms with E-state index in [-0.39, 0.29) is 40.3 Å². The summed E-state index contributed by atoms with van der Waals surface area (Å²) < 4.78 is 1.67. The fourth-order valence-electron chi connectivity index (χ4n) is 3.74. The van der Waals surface area contributed by atoms with Gasteiger partial charge in [0.1, 0.15) is 24.2 Å². The number of hydrogen-bond donors (Lipinski definition) is 2. The molecule has 0 unspecified atom stereocenters. The number of nitrogens with zero attached hydrogens (tertiary/aromatic N) is 4. The topological polar surface area (TPSA) is 171 Å². The number of carboxylic acids is 1. The van der Waals surface area contributed by atoms with Crippen molar-refractivity contribution in [1.82, 2.24) is 15.2 Å². The molecule has 0 bridgehead atoms. The standard InChI is InChI=1S/C21H20N6O6S2/c1-10(28)11-4-3-5-26(6-11)7-12-8-34-19-15(18(30)27(19)16(12)20(31)32)24-17(29)14(25-33-2)13-9-35-21(22)23-13/h3-6,9,15,19H,7-8H2,1-2H3,(H3-,22,23,24,29,31,32)/b25-14-/t15-,19-/m1/s1. The highest BCUT2D eigenvalue weighted by molar-refractivity contribution is 8.00. The number of carboxylic acid groups (broad SMARTS) is 1. The number of rotatable bonds is 8. The van der Waals surface area contributed by atoms with Crippen LogP contribution in [0.25, 0.3) is 0 Å². The third-order valence-electron chi connectivity index (χ3n) is 5.33. The van der Waals surface area contributed by atoms with Gasteiger partial charge >= 0.3 is 0 Å². The summed E-state index contributed by atoms with van der Waals surface area (Å²) in [6.07, 6.45) is 3.31. The molecule has 0 aromatic carbocycles. The summed E-state index contributed by atoms with van der Waals surface area (Å²) in [5, 5.41) is 19.4. The second kappa shape index (κ2) is 9.84. The summed E-state index contributed by atoms with van der Waals surface area (Å²) in [6, 6.07) is 2.37. The van der Waals surface area contributed by atoms with E-state index in [2.05, 4.69) is 15.5 Å². The molecule has 4 heterocycles. The molecule has 0 spiro atoms. The minimum Gasteiger partial charge on any atom is -0.543 e. The fourth-order valence-corrected chi connectivity index (χ4v) is 5.63. The summed E-state index contributed by atoms with van der Waals surface area (Å²) >= 11 is 2.42. The lowest BCUT2D eigenvalue weighted by molar-refractivity contribution is -0.689. The summed E-state index contributed by atoms with van der Waals surface area (Å²) in [4.78, 5) is 59.3. The van der Waals surface area contributed by atoms with E-state index in [1.54, 1.807) is 29.1 Å². The van der Waals surface area contributed by atoms with Gasteiger partial charge in [0.25, 0.3) is 11.8 Å². The molecule has 1 saturated heterocycles. The number of pyridine rings is 1. The smallest absolute Gasteiger partial charge is 0.276 e. The highest BCUT2D eigenvalue weighted by Crippen LogP contribution is 2.40. The van der Waals surface area contributed by atoms with Crippen molar-refractivity contribution in [1.29, 1.82) is 0 Å². The second-order valence-corrected chi connectivity index (χ2v) is 9.61. The summed E-state index contributed by atoms with van der Waals surface area (Å²) in [5.41, 5.74) is 6.35. The molecule has 1 fully saturated rings. The summed E-state index contributed by atoms with van der Waals surface area (Å²) in [7, 11) is 1.26. The van der Waals surface area contributed by atoms with Crippen LogP contribution in [-0.4, -0.2) is 63.4 Å². The molecule has 14 heteroatoms. The molecule has 12 nitrogen and oxygen atoms in total. The van der Waals surface area contributed by atoms with Crippen LogP contribution in [0.2, 0.25) is 0 Å². The van der Waals surface area contributed by atoms with E-state index in [9.17, 15) is 24.3 Å². The molecule has 2 atom stereocenters. The highest BCUT2D eigenvalue weighted by atomic mass is 32.2. The molecular weight excluding hydrogens is 496 g/mol. The van der Waals surface area contributed by atoms with Crippen LogP contribution in [0.15, 0.2) is 46.3 Å². The molecule has 2 aliphatic heterocycles. The first-order valence-corrected chi connectivity index (χ1v) is 12.2. The number of nitrogen functional groups attached to an aromatic ring is 1. The molecule has 182 valence electrons. The van der Waals surface area contributed by atoms with Crippen LogP contribution in [0.3, 0.4) is 0 Å². The number of oxime groups is 1. The maximum Gasteiger partial charge on any atom is 0.276 e. The quantitative estimate of drug-likeness (QED) is 0.142. The lowest BCUT2D eigenvalue weighted by atomic mass is 10.0. The van der Waals surface area contributed by atoms with Crippen LogP contribution in [0.5, 0.6) is 0 Å². The Morgan fingerprint density at radius 2 is 2.20 bits per heavy atom. The molecule has 0 radical (unpaired) electrons. The number of aliphatic carboxylic acids is 1. The van der Waals surface area contributed by atoms with Crippen molar-refractivity contribution < 1.29 is 33.7 Å². The van der Waals surface area contributed by atoms with Gasteiger partial charge in [0.15, 0.2) is 35.6 Å². The van der Waals surface area contributed by atoms with E-state index in [1.165, 1.54) is 31.2 Å². The van der Waals surface area contributed by atoms with Gasteiger partial charge in [-0.3, -0.25) is 19.3 Å². The number of carbonyl (C=O) groups excluding carboxylic acids is 4. The first kappa shape index (κ1) is 24.3. The van der Waals surface area contributed by atoms with Gasteiger partial charge in [-0.15, -0.1) is 23.1 Å². The molecule has 4 rings (SSSR count).